The fourth-order valence-corrected chi connectivity index (χ4v) is 2.96. The standard InChI is InChI=1S/C17H22F2O2/c1-4-21-17(9-7-16(2,3)8-10-17)15(20)13-11-12(18)5-6-14(13)19/h5-6,11H,4,7-10H2,1-3H3. The molecule has 0 aliphatic heterocycles. The van der Waals surface area contributed by atoms with Crippen LogP contribution in [0.1, 0.15) is 56.8 Å². The van der Waals surface area contributed by atoms with E-state index in [9.17, 15) is 13.6 Å². The van der Waals surface area contributed by atoms with Crippen molar-refractivity contribution in [3.8, 4) is 0 Å². The molecule has 4 heteroatoms. The first kappa shape index (κ1) is 16.1. The molecule has 0 unspecified atom stereocenters. The summed E-state index contributed by atoms with van der Waals surface area (Å²) in [7, 11) is 0. The molecule has 1 fully saturated rings. The van der Waals surface area contributed by atoms with Gasteiger partial charge in [0, 0.05) is 6.61 Å². The van der Waals surface area contributed by atoms with E-state index in [2.05, 4.69) is 13.8 Å². The lowest BCUT2D eigenvalue weighted by atomic mass is 9.68. The second-order valence-corrected chi connectivity index (χ2v) is 6.54. The quantitative estimate of drug-likeness (QED) is 0.763. The van der Waals surface area contributed by atoms with Crippen molar-refractivity contribution in [1.29, 1.82) is 0 Å². The third-order valence-electron chi connectivity index (χ3n) is 4.42. The first-order chi connectivity index (χ1) is 9.80. The van der Waals surface area contributed by atoms with Gasteiger partial charge in [0.25, 0.3) is 0 Å². The molecule has 0 heterocycles. The van der Waals surface area contributed by atoms with Crippen LogP contribution in [0, 0.1) is 17.0 Å². The SMILES string of the molecule is CCOC1(C(=O)c2cc(F)ccc2F)CCC(C)(C)CC1. The van der Waals surface area contributed by atoms with Crippen LogP contribution in [0.2, 0.25) is 0 Å². The van der Waals surface area contributed by atoms with Crippen molar-refractivity contribution >= 4 is 5.78 Å². The topological polar surface area (TPSA) is 26.3 Å². The highest BCUT2D eigenvalue weighted by molar-refractivity contribution is 6.02. The number of hydrogen-bond donors (Lipinski definition) is 0. The predicted molar refractivity (Wildman–Crippen MR) is 77.3 cm³/mol. The lowest BCUT2D eigenvalue weighted by Crippen LogP contribution is -2.46. The molecule has 1 aromatic carbocycles. The van der Waals surface area contributed by atoms with Gasteiger partial charge < -0.3 is 4.74 Å². The van der Waals surface area contributed by atoms with Crippen molar-refractivity contribution < 1.29 is 18.3 Å². The summed E-state index contributed by atoms with van der Waals surface area (Å²) < 4.78 is 33.0. The minimum Gasteiger partial charge on any atom is -0.367 e. The van der Waals surface area contributed by atoms with Crippen molar-refractivity contribution in [2.24, 2.45) is 5.41 Å². The molecule has 0 radical (unpaired) electrons. The number of ketones is 1. The van der Waals surface area contributed by atoms with Gasteiger partial charge in [0.2, 0.25) is 0 Å². The van der Waals surface area contributed by atoms with Gasteiger partial charge in [-0.3, -0.25) is 4.79 Å². The summed E-state index contributed by atoms with van der Waals surface area (Å²) in [6, 6.07) is 2.98. The maximum absolute atomic E-state index is 13.9. The summed E-state index contributed by atoms with van der Waals surface area (Å²) in [4.78, 5) is 12.8. The number of ether oxygens (including phenoxy) is 1. The molecule has 0 bridgehead atoms. The zero-order valence-electron chi connectivity index (χ0n) is 12.8. The summed E-state index contributed by atoms with van der Waals surface area (Å²) in [6.45, 7) is 6.49. The molecule has 116 valence electrons. The highest BCUT2D eigenvalue weighted by Gasteiger charge is 2.45. The minimum absolute atomic E-state index is 0.154. The van der Waals surface area contributed by atoms with Gasteiger partial charge >= 0.3 is 0 Å². The monoisotopic (exact) mass is 296 g/mol. The smallest absolute Gasteiger partial charge is 0.197 e. The van der Waals surface area contributed by atoms with E-state index in [1.807, 2.05) is 6.92 Å². The Labute approximate surface area is 124 Å². The number of carbonyl (C=O) groups excluding carboxylic acids is 1. The van der Waals surface area contributed by atoms with Crippen molar-refractivity contribution in [3.05, 3.63) is 35.4 Å². The van der Waals surface area contributed by atoms with Gasteiger partial charge in [-0.05, 0) is 56.2 Å². The lowest BCUT2D eigenvalue weighted by Gasteiger charge is -2.42. The van der Waals surface area contributed by atoms with Crippen molar-refractivity contribution in [3.63, 3.8) is 0 Å². The average molecular weight is 296 g/mol. The Hall–Kier alpha value is -1.29. The maximum atomic E-state index is 13.9. The molecule has 1 aliphatic carbocycles. The highest BCUT2D eigenvalue weighted by Crippen LogP contribution is 2.43. The molecule has 0 aromatic heterocycles. The number of Topliss-reactive ketones (excluding diaryl/α,β-unsaturated/α-hetero) is 1. The second kappa shape index (κ2) is 5.84. The van der Waals surface area contributed by atoms with Crippen LogP contribution in [-0.4, -0.2) is 18.0 Å². The molecule has 0 saturated heterocycles. The summed E-state index contributed by atoms with van der Waals surface area (Å²) in [6.07, 6.45) is 2.75. The number of halogens is 2. The van der Waals surface area contributed by atoms with Crippen molar-refractivity contribution in [2.45, 2.75) is 52.1 Å². The fraction of sp³-hybridized carbons (Fsp3) is 0.588. The van der Waals surface area contributed by atoms with E-state index in [1.54, 1.807) is 0 Å². The summed E-state index contributed by atoms with van der Waals surface area (Å²) >= 11 is 0. The van der Waals surface area contributed by atoms with Gasteiger partial charge in [0.05, 0.1) is 5.56 Å². The number of rotatable bonds is 4. The van der Waals surface area contributed by atoms with Crippen LogP contribution in [0.4, 0.5) is 8.78 Å². The van der Waals surface area contributed by atoms with Gasteiger partial charge in [-0.25, -0.2) is 8.78 Å². The summed E-state index contributed by atoms with van der Waals surface area (Å²) in [5.74, 6) is -1.73. The zero-order chi connectivity index (χ0) is 15.7. The number of benzene rings is 1. The van der Waals surface area contributed by atoms with Gasteiger partial charge in [0.15, 0.2) is 5.78 Å². The average Bonchev–Trinajstić information content (AvgIpc) is 2.44. The van der Waals surface area contributed by atoms with Gasteiger partial charge in [-0.1, -0.05) is 13.8 Å². The van der Waals surface area contributed by atoms with Crippen LogP contribution in [0.15, 0.2) is 18.2 Å². The van der Waals surface area contributed by atoms with E-state index in [4.69, 9.17) is 4.74 Å². The molecule has 21 heavy (non-hydrogen) atoms. The Morgan fingerprint density at radius 1 is 1.19 bits per heavy atom. The van der Waals surface area contributed by atoms with Crippen molar-refractivity contribution in [2.75, 3.05) is 6.61 Å². The largest absolute Gasteiger partial charge is 0.367 e. The molecular weight excluding hydrogens is 274 g/mol. The third-order valence-corrected chi connectivity index (χ3v) is 4.42. The van der Waals surface area contributed by atoms with Crippen LogP contribution < -0.4 is 0 Å². The van der Waals surface area contributed by atoms with E-state index < -0.39 is 23.0 Å². The maximum Gasteiger partial charge on any atom is 0.197 e. The summed E-state index contributed by atoms with van der Waals surface area (Å²) in [5, 5.41) is 0. The van der Waals surface area contributed by atoms with Crippen molar-refractivity contribution in [1.82, 2.24) is 0 Å². The molecule has 0 amide bonds. The molecule has 1 aromatic rings. The zero-order valence-corrected chi connectivity index (χ0v) is 12.8. The first-order valence-corrected chi connectivity index (χ1v) is 7.43. The Morgan fingerprint density at radius 3 is 2.38 bits per heavy atom. The predicted octanol–water partition coefficient (Wildman–Crippen LogP) is 4.52. The molecule has 1 aliphatic rings. The number of carbonyl (C=O) groups is 1. The molecule has 2 nitrogen and oxygen atoms in total. The van der Waals surface area contributed by atoms with Crippen LogP contribution >= 0.6 is 0 Å². The molecule has 0 spiro atoms. The summed E-state index contributed by atoms with van der Waals surface area (Å²) in [5.41, 5.74) is -1.07. The Bertz CT molecular complexity index is 528. The second-order valence-electron chi connectivity index (χ2n) is 6.54. The van der Waals surface area contributed by atoms with E-state index in [0.717, 1.165) is 31.0 Å². The van der Waals surface area contributed by atoms with E-state index >= 15 is 0 Å². The Morgan fingerprint density at radius 2 is 1.81 bits per heavy atom. The first-order valence-electron chi connectivity index (χ1n) is 7.43. The van der Waals surface area contributed by atoms with Crippen LogP contribution in [0.25, 0.3) is 0 Å². The minimum atomic E-state index is -1.01. The molecule has 0 atom stereocenters. The normalized spacial score (nSPS) is 20.2. The Balaban J connectivity index is 2.34. The molecular formula is C17H22F2O2. The van der Waals surface area contributed by atoms with Crippen LogP contribution in [0.5, 0.6) is 0 Å². The number of hydrogen-bond acceptors (Lipinski definition) is 2. The lowest BCUT2D eigenvalue weighted by molar-refractivity contribution is -0.0582. The van der Waals surface area contributed by atoms with E-state index in [0.29, 0.717) is 19.4 Å². The Kier molecular flexibility index (Phi) is 4.47. The van der Waals surface area contributed by atoms with Crippen LogP contribution in [-0.2, 0) is 4.74 Å². The molecule has 0 N–H and O–H groups in total. The van der Waals surface area contributed by atoms with E-state index in [-0.39, 0.29) is 11.0 Å². The molecule has 1 saturated carbocycles. The fourth-order valence-electron chi connectivity index (χ4n) is 2.96. The van der Waals surface area contributed by atoms with Gasteiger partial charge in [-0.15, -0.1) is 0 Å². The van der Waals surface area contributed by atoms with E-state index in [1.165, 1.54) is 0 Å². The third kappa shape index (κ3) is 3.31. The van der Waals surface area contributed by atoms with Gasteiger partial charge in [0.1, 0.15) is 17.2 Å². The molecule has 2 rings (SSSR count). The highest BCUT2D eigenvalue weighted by atomic mass is 19.1. The van der Waals surface area contributed by atoms with Crippen LogP contribution in [0.3, 0.4) is 0 Å². The van der Waals surface area contributed by atoms with Gasteiger partial charge in [-0.2, -0.15) is 0 Å².